The molecule has 2 rings (SSSR count). The van der Waals surface area contributed by atoms with Gasteiger partial charge in [0.1, 0.15) is 18.7 Å². The van der Waals surface area contributed by atoms with Crippen LogP contribution in [0.2, 0.25) is 0 Å². The van der Waals surface area contributed by atoms with Crippen LogP contribution in [-0.2, 0) is 11.3 Å². The first kappa shape index (κ1) is 10.3. The molecule has 16 heavy (non-hydrogen) atoms. The molecule has 1 amide bonds. The van der Waals surface area contributed by atoms with Gasteiger partial charge in [0, 0.05) is 12.4 Å². The van der Waals surface area contributed by atoms with Crippen LogP contribution < -0.4 is 5.32 Å². The molecule has 7 heteroatoms. The van der Waals surface area contributed by atoms with Crippen LogP contribution in [0.15, 0.2) is 24.8 Å². The molecule has 0 aliphatic carbocycles. The Labute approximate surface area is 91.9 Å². The van der Waals surface area contributed by atoms with Crippen molar-refractivity contribution in [1.82, 2.24) is 30.3 Å². The van der Waals surface area contributed by atoms with Crippen molar-refractivity contribution in [3.8, 4) is 0 Å². The first-order chi connectivity index (χ1) is 7.75. The summed E-state index contributed by atoms with van der Waals surface area (Å²) < 4.78 is 1.56. The van der Waals surface area contributed by atoms with Crippen LogP contribution in [0.5, 0.6) is 0 Å². The zero-order chi connectivity index (χ0) is 11.4. The van der Waals surface area contributed by atoms with Crippen LogP contribution in [0, 0.1) is 0 Å². The van der Waals surface area contributed by atoms with Crippen LogP contribution in [0.25, 0.3) is 0 Å². The molecule has 0 aromatic carbocycles. The second-order valence-corrected chi connectivity index (χ2v) is 3.36. The van der Waals surface area contributed by atoms with Gasteiger partial charge in [0.05, 0.1) is 6.04 Å². The smallest absolute Gasteiger partial charge is 0.242 e. The lowest BCUT2D eigenvalue weighted by Crippen LogP contribution is -2.30. The average Bonchev–Trinajstić information content (AvgIpc) is 2.88. The fourth-order valence-electron chi connectivity index (χ4n) is 1.32. The van der Waals surface area contributed by atoms with Gasteiger partial charge in [-0.2, -0.15) is 10.2 Å². The van der Waals surface area contributed by atoms with Crippen molar-refractivity contribution in [3.05, 3.63) is 30.6 Å². The Bertz CT molecular complexity index is 435. The van der Waals surface area contributed by atoms with Crippen LogP contribution in [0.3, 0.4) is 0 Å². The summed E-state index contributed by atoms with van der Waals surface area (Å²) in [4.78, 5) is 15.5. The Balaban J connectivity index is 1.88. The summed E-state index contributed by atoms with van der Waals surface area (Å²) in [6, 6.07) is 1.58. The highest BCUT2D eigenvalue weighted by atomic mass is 16.2. The van der Waals surface area contributed by atoms with Gasteiger partial charge < -0.3 is 5.32 Å². The van der Waals surface area contributed by atoms with Crippen molar-refractivity contribution >= 4 is 5.91 Å². The van der Waals surface area contributed by atoms with E-state index in [4.69, 9.17) is 0 Å². The SMILES string of the molecule is CC(NC(=O)Cn1cccn1)c1ncn[nH]1. The highest BCUT2D eigenvalue weighted by molar-refractivity contribution is 5.75. The maximum atomic E-state index is 11.6. The van der Waals surface area contributed by atoms with Crippen molar-refractivity contribution in [3.63, 3.8) is 0 Å². The van der Waals surface area contributed by atoms with E-state index in [1.807, 2.05) is 6.92 Å². The topological polar surface area (TPSA) is 88.5 Å². The van der Waals surface area contributed by atoms with Crippen LogP contribution in [0.4, 0.5) is 0 Å². The van der Waals surface area contributed by atoms with Crippen molar-refractivity contribution < 1.29 is 4.79 Å². The fourth-order valence-corrected chi connectivity index (χ4v) is 1.32. The lowest BCUT2D eigenvalue weighted by molar-refractivity contribution is -0.122. The number of amides is 1. The van der Waals surface area contributed by atoms with Gasteiger partial charge in [-0.15, -0.1) is 0 Å². The Morgan fingerprint density at radius 1 is 1.69 bits per heavy atom. The van der Waals surface area contributed by atoms with Crippen LogP contribution in [0.1, 0.15) is 18.8 Å². The second-order valence-electron chi connectivity index (χ2n) is 3.36. The van der Waals surface area contributed by atoms with Gasteiger partial charge in [-0.3, -0.25) is 14.6 Å². The monoisotopic (exact) mass is 220 g/mol. The fraction of sp³-hybridized carbons (Fsp3) is 0.333. The number of rotatable bonds is 4. The molecule has 0 spiro atoms. The number of carbonyl (C=O) groups excluding carboxylic acids is 1. The Kier molecular flexibility index (Phi) is 2.95. The van der Waals surface area contributed by atoms with E-state index in [0.717, 1.165) is 0 Å². The summed E-state index contributed by atoms with van der Waals surface area (Å²) in [5.74, 6) is 0.515. The molecular weight excluding hydrogens is 208 g/mol. The minimum absolute atomic E-state index is 0.118. The van der Waals surface area contributed by atoms with E-state index in [2.05, 4.69) is 25.6 Å². The molecule has 0 bridgehead atoms. The first-order valence-corrected chi connectivity index (χ1v) is 4.88. The zero-order valence-electron chi connectivity index (χ0n) is 8.79. The highest BCUT2D eigenvalue weighted by Crippen LogP contribution is 2.03. The van der Waals surface area contributed by atoms with Gasteiger partial charge in [0.15, 0.2) is 0 Å². The Morgan fingerprint density at radius 3 is 3.19 bits per heavy atom. The normalized spacial score (nSPS) is 12.3. The van der Waals surface area contributed by atoms with Gasteiger partial charge >= 0.3 is 0 Å². The maximum absolute atomic E-state index is 11.6. The third-order valence-corrected chi connectivity index (χ3v) is 2.09. The highest BCUT2D eigenvalue weighted by Gasteiger charge is 2.11. The van der Waals surface area contributed by atoms with E-state index in [1.165, 1.54) is 6.33 Å². The van der Waals surface area contributed by atoms with Gasteiger partial charge in [0.2, 0.25) is 5.91 Å². The molecule has 0 saturated heterocycles. The molecule has 2 N–H and O–H groups in total. The largest absolute Gasteiger partial charge is 0.345 e. The lowest BCUT2D eigenvalue weighted by Gasteiger charge is -2.10. The zero-order valence-corrected chi connectivity index (χ0v) is 8.79. The number of carbonyl (C=O) groups is 1. The minimum Gasteiger partial charge on any atom is -0.345 e. The van der Waals surface area contributed by atoms with Gasteiger partial charge in [-0.1, -0.05) is 0 Å². The number of nitrogens with zero attached hydrogens (tertiary/aromatic N) is 4. The standard InChI is InChI=1S/C9H12N6O/c1-7(9-10-6-11-14-9)13-8(16)5-15-4-2-3-12-15/h2-4,6-7H,5H2,1H3,(H,13,16)(H,10,11,14). The molecule has 2 heterocycles. The number of nitrogens with one attached hydrogen (secondary N) is 2. The van der Waals surface area contributed by atoms with E-state index in [-0.39, 0.29) is 18.5 Å². The van der Waals surface area contributed by atoms with E-state index >= 15 is 0 Å². The van der Waals surface area contributed by atoms with Crippen molar-refractivity contribution in [2.75, 3.05) is 0 Å². The molecule has 1 unspecified atom stereocenters. The predicted molar refractivity (Wildman–Crippen MR) is 55.2 cm³/mol. The molecular formula is C9H12N6O. The summed E-state index contributed by atoms with van der Waals surface area (Å²) in [5, 5.41) is 13.2. The molecule has 2 aromatic rings. The molecule has 0 aliphatic rings. The van der Waals surface area contributed by atoms with Crippen LogP contribution in [-0.4, -0.2) is 30.9 Å². The third kappa shape index (κ3) is 2.44. The number of H-pyrrole nitrogens is 1. The van der Waals surface area contributed by atoms with Crippen LogP contribution >= 0.6 is 0 Å². The van der Waals surface area contributed by atoms with Gasteiger partial charge in [0.25, 0.3) is 0 Å². The molecule has 84 valence electrons. The summed E-state index contributed by atoms with van der Waals surface area (Å²) in [5.41, 5.74) is 0. The van der Waals surface area contributed by atoms with Crippen molar-refractivity contribution in [1.29, 1.82) is 0 Å². The predicted octanol–water partition coefficient (Wildman–Crippen LogP) is -0.121. The molecule has 0 aliphatic heterocycles. The summed E-state index contributed by atoms with van der Waals surface area (Å²) in [6.45, 7) is 2.03. The number of hydrogen-bond donors (Lipinski definition) is 2. The first-order valence-electron chi connectivity index (χ1n) is 4.88. The molecule has 0 fully saturated rings. The minimum atomic E-state index is -0.189. The second kappa shape index (κ2) is 4.56. The van der Waals surface area contributed by atoms with Crippen molar-refractivity contribution in [2.45, 2.75) is 19.5 Å². The van der Waals surface area contributed by atoms with E-state index in [0.29, 0.717) is 5.82 Å². The maximum Gasteiger partial charge on any atom is 0.242 e. The van der Waals surface area contributed by atoms with Crippen molar-refractivity contribution in [2.24, 2.45) is 0 Å². The Morgan fingerprint density at radius 2 is 2.56 bits per heavy atom. The summed E-state index contributed by atoms with van der Waals surface area (Å²) in [6.07, 6.45) is 4.78. The molecule has 0 saturated carbocycles. The number of aromatic amines is 1. The average molecular weight is 220 g/mol. The van der Waals surface area contributed by atoms with Gasteiger partial charge in [-0.05, 0) is 13.0 Å². The van der Waals surface area contributed by atoms with E-state index in [1.54, 1.807) is 23.1 Å². The summed E-state index contributed by atoms with van der Waals surface area (Å²) >= 11 is 0. The molecule has 2 aromatic heterocycles. The van der Waals surface area contributed by atoms with E-state index < -0.39 is 0 Å². The van der Waals surface area contributed by atoms with Gasteiger partial charge in [-0.25, -0.2) is 4.98 Å². The van der Waals surface area contributed by atoms with E-state index in [9.17, 15) is 4.79 Å². The third-order valence-electron chi connectivity index (χ3n) is 2.09. The lowest BCUT2D eigenvalue weighted by atomic mass is 10.3. The molecule has 1 atom stereocenters. The quantitative estimate of drug-likeness (QED) is 0.751. The number of hydrogen-bond acceptors (Lipinski definition) is 4. The summed E-state index contributed by atoms with van der Waals surface area (Å²) in [7, 11) is 0. The molecule has 0 radical (unpaired) electrons. The number of aromatic nitrogens is 5. The Hall–Kier alpha value is -2.18. The molecule has 7 nitrogen and oxygen atoms in total.